The molecule has 3 nitrogen and oxygen atoms in total. The summed E-state index contributed by atoms with van der Waals surface area (Å²) < 4.78 is 4.93. The Kier molecular flexibility index (Phi) is 7.76. The van der Waals surface area contributed by atoms with Gasteiger partial charge >= 0.3 is 0 Å². The van der Waals surface area contributed by atoms with Gasteiger partial charge in [-0.2, -0.15) is 0 Å². The highest BCUT2D eigenvalue weighted by molar-refractivity contribution is 6.03. The van der Waals surface area contributed by atoms with Crippen LogP contribution in [0.1, 0.15) is 47.0 Å². The number of carbonyl (C=O) groups excluding carboxylic acids is 1. The van der Waals surface area contributed by atoms with E-state index in [1.54, 1.807) is 7.11 Å². The fourth-order valence-electron chi connectivity index (χ4n) is 2.76. The second-order valence-electron chi connectivity index (χ2n) is 6.71. The predicted octanol–water partition coefficient (Wildman–Crippen LogP) is 5.05. The summed E-state index contributed by atoms with van der Waals surface area (Å²) in [4.78, 5) is 12.5. The Labute approximate surface area is 146 Å². The van der Waals surface area contributed by atoms with Crippen LogP contribution in [-0.4, -0.2) is 12.9 Å². The van der Waals surface area contributed by atoms with Gasteiger partial charge in [0.2, 0.25) is 0 Å². The lowest BCUT2D eigenvalue weighted by molar-refractivity contribution is -0.115. The molecule has 0 aromatic carbocycles. The van der Waals surface area contributed by atoms with Gasteiger partial charge in [0, 0.05) is 12.0 Å². The van der Waals surface area contributed by atoms with Crippen LogP contribution < -0.4 is 5.32 Å². The summed E-state index contributed by atoms with van der Waals surface area (Å²) >= 11 is 0. The van der Waals surface area contributed by atoms with Gasteiger partial charge in [-0.3, -0.25) is 4.79 Å². The highest BCUT2D eigenvalue weighted by Gasteiger charge is 2.24. The molecule has 1 N–H and O–H groups in total. The van der Waals surface area contributed by atoms with Gasteiger partial charge in [-0.05, 0) is 55.5 Å². The minimum absolute atomic E-state index is 0.212. The predicted molar refractivity (Wildman–Crippen MR) is 101 cm³/mol. The molecule has 1 rings (SSSR count). The molecule has 3 heteroatoms. The molecule has 1 atom stereocenters. The van der Waals surface area contributed by atoms with Crippen LogP contribution in [0.25, 0.3) is 0 Å². The summed E-state index contributed by atoms with van der Waals surface area (Å²) in [6.45, 7) is 16.1. The summed E-state index contributed by atoms with van der Waals surface area (Å²) in [5, 5.41) is 2.95. The molecule has 0 aromatic rings. The van der Waals surface area contributed by atoms with Crippen molar-refractivity contribution in [3.05, 3.63) is 59.7 Å². The van der Waals surface area contributed by atoms with Crippen LogP contribution in [0, 0.1) is 11.8 Å². The van der Waals surface area contributed by atoms with Crippen molar-refractivity contribution in [2.75, 3.05) is 7.11 Å². The zero-order chi connectivity index (χ0) is 18.3. The second kappa shape index (κ2) is 9.31. The highest BCUT2D eigenvalue weighted by Crippen LogP contribution is 2.33. The van der Waals surface area contributed by atoms with E-state index in [9.17, 15) is 4.79 Å². The van der Waals surface area contributed by atoms with Crippen LogP contribution in [0.5, 0.6) is 0 Å². The second-order valence-corrected chi connectivity index (χ2v) is 6.71. The van der Waals surface area contributed by atoms with Crippen molar-refractivity contribution in [2.24, 2.45) is 11.8 Å². The minimum Gasteiger partial charge on any atom is -0.483 e. The lowest BCUT2D eigenvalue weighted by Gasteiger charge is -2.24. The number of methoxy groups -OCH3 is 1. The van der Waals surface area contributed by atoms with E-state index in [-0.39, 0.29) is 5.78 Å². The summed E-state index contributed by atoms with van der Waals surface area (Å²) in [6.07, 6.45) is 8.54. The summed E-state index contributed by atoms with van der Waals surface area (Å²) in [5.74, 6) is 1.42. The van der Waals surface area contributed by atoms with Gasteiger partial charge in [0.1, 0.15) is 0 Å². The van der Waals surface area contributed by atoms with Crippen molar-refractivity contribution in [2.45, 2.75) is 47.0 Å². The van der Waals surface area contributed by atoms with E-state index in [1.165, 1.54) is 5.57 Å². The molecule has 1 aliphatic carbocycles. The van der Waals surface area contributed by atoms with E-state index in [1.807, 2.05) is 13.1 Å². The van der Waals surface area contributed by atoms with Crippen LogP contribution >= 0.6 is 0 Å². The third-order valence-electron chi connectivity index (χ3n) is 4.47. The van der Waals surface area contributed by atoms with Crippen molar-refractivity contribution in [1.29, 1.82) is 0 Å². The van der Waals surface area contributed by atoms with Gasteiger partial charge in [0.15, 0.2) is 11.7 Å². The van der Waals surface area contributed by atoms with Crippen LogP contribution in [0.3, 0.4) is 0 Å². The average molecular weight is 329 g/mol. The number of rotatable bonds is 9. The number of nitrogens with one attached hydrogen (secondary N) is 1. The Balaban J connectivity index is 2.68. The first-order valence-electron chi connectivity index (χ1n) is 8.56. The van der Waals surface area contributed by atoms with E-state index in [0.29, 0.717) is 24.1 Å². The first kappa shape index (κ1) is 20.0. The van der Waals surface area contributed by atoms with Crippen molar-refractivity contribution in [3.8, 4) is 0 Å². The fraction of sp³-hybridized carbons (Fsp3) is 0.476. The minimum atomic E-state index is 0.212. The Morgan fingerprint density at radius 3 is 2.58 bits per heavy atom. The van der Waals surface area contributed by atoms with Crippen molar-refractivity contribution >= 4 is 5.78 Å². The zero-order valence-corrected chi connectivity index (χ0v) is 15.7. The summed E-state index contributed by atoms with van der Waals surface area (Å²) in [7, 11) is 1.58. The van der Waals surface area contributed by atoms with Gasteiger partial charge in [-0.25, -0.2) is 0 Å². The molecular weight excluding hydrogens is 298 g/mol. The normalized spacial score (nSPS) is 16.4. The number of hydrogen-bond donors (Lipinski definition) is 1. The smallest absolute Gasteiger partial charge is 0.182 e. The van der Waals surface area contributed by atoms with Gasteiger partial charge in [-0.1, -0.05) is 45.1 Å². The van der Waals surface area contributed by atoms with E-state index in [0.717, 1.165) is 29.6 Å². The number of Topliss-reactive ketones (excluding diaryl/α,β-unsaturated/α-hetero) is 1. The molecule has 132 valence electrons. The van der Waals surface area contributed by atoms with Crippen molar-refractivity contribution in [1.82, 2.24) is 5.32 Å². The number of ether oxygens (including phenoxy) is 1. The van der Waals surface area contributed by atoms with Gasteiger partial charge in [0.05, 0.1) is 7.11 Å². The largest absolute Gasteiger partial charge is 0.483 e. The highest BCUT2D eigenvalue weighted by atomic mass is 16.5. The molecule has 0 heterocycles. The maximum atomic E-state index is 12.5. The molecule has 0 bridgehead atoms. The topological polar surface area (TPSA) is 38.3 Å². The van der Waals surface area contributed by atoms with Crippen LogP contribution in [0.15, 0.2) is 59.7 Å². The molecule has 0 radical (unpaired) electrons. The number of ketones is 1. The number of allylic oxidation sites excluding steroid dienone is 6. The Morgan fingerprint density at radius 2 is 2.04 bits per heavy atom. The molecule has 1 aliphatic rings. The van der Waals surface area contributed by atoms with Crippen molar-refractivity contribution < 1.29 is 9.53 Å². The lowest BCUT2D eigenvalue weighted by atomic mass is 9.80. The fourth-order valence-corrected chi connectivity index (χ4v) is 2.76. The monoisotopic (exact) mass is 329 g/mol. The van der Waals surface area contributed by atoms with Crippen LogP contribution in [0.4, 0.5) is 0 Å². The molecule has 1 unspecified atom stereocenters. The zero-order valence-electron chi connectivity index (χ0n) is 15.7. The molecule has 0 aromatic heterocycles. The first-order chi connectivity index (χ1) is 11.3. The Bertz CT molecular complexity index is 591. The van der Waals surface area contributed by atoms with Crippen molar-refractivity contribution in [3.63, 3.8) is 0 Å². The third-order valence-corrected chi connectivity index (χ3v) is 4.47. The lowest BCUT2D eigenvalue weighted by Crippen LogP contribution is -2.17. The molecule has 0 spiro atoms. The SMILES string of the molecule is C=C(N/C=C/CCC(C)C1=CC(C)=C(C(=C)C(C)C)C(=O)C1)OC. The van der Waals surface area contributed by atoms with Crippen LogP contribution in [0.2, 0.25) is 0 Å². The average Bonchev–Trinajstić information content (AvgIpc) is 2.52. The van der Waals surface area contributed by atoms with Gasteiger partial charge in [-0.15, -0.1) is 0 Å². The molecule has 0 saturated carbocycles. The Morgan fingerprint density at radius 1 is 1.38 bits per heavy atom. The molecule has 0 saturated heterocycles. The first-order valence-corrected chi connectivity index (χ1v) is 8.56. The number of hydrogen-bond acceptors (Lipinski definition) is 3. The molecular formula is C21H31NO2. The van der Waals surface area contributed by atoms with E-state index >= 15 is 0 Å². The summed E-state index contributed by atoms with van der Waals surface area (Å²) in [5.41, 5.74) is 4.07. The van der Waals surface area contributed by atoms with Crippen LogP contribution in [-0.2, 0) is 9.53 Å². The molecule has 0 fully saturated rings. The maximum absolute atomic E-state index is 12.5. The Hall–Kier alpha value is -2.03. The van der Waals surface area contributed by atoms with E-state index < -0.39 is 0 Å². The van der Waals surface area contributed by atoms with E-state index in [4.69, 9.17) is 4.74 Å². The molecule has 0 amide bonds. The molecule has 0 aliphatic heterocycles. The van der Waals surface area contributed by atoms with Gasteiger partial charge in [0.25, 0.3) is 0 Å². The maximum Gasteiger partial charge on any atom is 0.182 e. The van der Waals surface area contributed by atoms with E-state index in [2.05, 4.69) is 51.4 Å². The van der Waals surface area contributed by atoms with Gasteiger partial charge < -0.3 is 10.1 Å². The quantitative estimate of drug-likeness (QED) is 0.601. The third kappa shape index (κ3) is 5.55. The number of carbonyl (C=O) groups is 1. The standard InChI is InChI=1S/C21H31NO2/c1-14(2)17(5)21-16(4)12-19(13-20(21)23)15(3)10-8-9-11-22-18(6)24-7/h9,11-12,14-15,22H,5-6,8,10,13H2,1-4,7H3/b11-9+. The molecule has 24 heavy (non-hydrogen) atoms. The summed E-state index contributed by atoms with van der Waals surface area (Å²) in [6, 6.07) is 0.